The third-order valence-electron chi connectivity index (χ3n) is 3.41. The van der Waals surface area contributed by atoms with Crippen molar-refractivity contribution in [2.75, 3.05) is 12.1 Å². The molecule has 4 heteroatoms. The number of anilines is 1. The Labute approximate surface area is 130 Å². The maximum Gasteiger partial charge on any atom is 0.123 e. The Hall–Kier alpha value is -2.46. The quantitative estimate of drug-likeness (QED) is 0.507. The maximum atomic E-state index is 12.9. The highest BCUT2D eigenvalue weighted by atomic mass is 19.1. The van der Waals surface area contributed by atoms with E-state index in [1.165, 1.54) is 17.1 Å². The molecular formula is C18H20FN3. The number of benzene rings is 2. The Bertz CT molecular complexity index is 688. The zero-order valence-electron chi connectivity index (χ0n) is 12.9. The number of nitrogens with two attached hydrogens (primary N) is 1. The van der Waals surface area contributed by atoms with Crippen molar-refractivity contribution < 1.29 is 4.39 Å². The monoisotopic (exact) mass is 297 g/mol. The van der Waals surface area contributed by atoms with E-state index in [1.807, 2.05) is 18.2 Å². The number of hydrogen-bond acceptors (Lipinski definition) is 3. The topological polar surface area (TPSA) is 41.6 Å². The molecule has 0 aliphatic carbocycles. The smallest absolute Gasteiger partial charge is 0.123 e. The normalized spacial score (nSPS) is 10.9. The van der Waals surface area contributed by atoms with Gasteiger partial charge in [-0.05, 0) is 47.4 Å². The van der Waals surface area contributed by atoms with Gasteiger partial charge in [0.1, 0.15) is 5.82 Å². The van der Waals surface area contributed by atoms with Gasteiger partial charge in [0.25, 0.3) is 0 Å². The van der Waals surface area contributed by atoms with Crippen molar-refractivity contribution in [3.05, 3.63) is 66.0 Å². The largest absolute Gasteiger partial charge is 0.312 e. The van der Waals surface area contributed by atoms with E-state index in [2.05, 4.69) is 18.5 Å². The number of aliphatic imine (C=N–C) groups is 1. The first-order valence-electron chi connectivity index (χ1n) is 7.11. The molecular weight excluding hydrogens is 277 g/mol. The van der Waals surface area contributed by atoms with Crippen LogP contribution in [0.15, 0.2) is 54.0 Å². The van der Waals surface area contributed by atoms with E-state index in [0.29, 0.717) is 0 Å². The summed E-state index contributed by atoms with van der Waals surface area (Å²) in [7, 11) is 1.76. The second-order valence-corrected chi connectivity index (χ2v) is 5.08. The minimum Gasteiger partial charge on any atom is -0.312 e. The second-order valence-electron chi connectivity index (χ2n) is 5.08. The summed E-state index contributed by atoms with van der Waals surface area (Å²) in [5.74, 6) is 5.59. The fraction of sp³-hybridized carbons (Fsp3) is 0.167. The summed E-state index contributed by atoms with van der Waals surface area (Å²) < 4.78 is 12.9. The van der Waals surface area contributed by atoms with Crippen LogP contribution in [-0.4, -0.2) is 13.3 Å². The molecule has 0 saturated carbocycles. The molecule has 114 valence electrons. The average Bonchev–Trinajstić information content (AvgIpc) is 2.53. The minimum absolute atomic E-state index is 0.263. The zero-order chi connectivity index (χ0) is 16.1. The van der Waals surface area contributed by atoms with Gasteiger partial charge in [0, 0.05) is 13.3 Å². The van der Waals surface area contributed by atoms with E-state index >= 15 is 0 Å². The lowest BCUT2D eigenvalue weighted by Crippen LogP contribution is -2.25. The molecule has 2 aromatic carbocycles. The van der Waals surface area contributed by atoms with Crippen molar-refractivity contribution in [1.29, 1.82) is 0 Å². The van der Waals surface area contributed by atoms with Crippen LogP contribution in [0.5, 0.6) is 0 Å². The highest BCUT2D eigenvalue weighted by Crippen LogP contribution is 2.30. The molecule has 0 unspecified atom stereocenters. The second kappa shape index (κ2) is 7.00. The fourth-order valence-electron chi connectivity index (χ4n) is 2.04. The van der Waals surface area contributed by atoms with Gasteiger partial charge in [-0.2, -0.15) is 0 Å². The van der Waals surface area contributed by atoms with Gasteiger partial charge in [-0.1, -0.05) is 31.7 Å². The predicted molar refractivity (Wildman–Crippen MR) is 92.0 cm³/mol. The van der Waals surface area contributed by atoms with E-state index < -0.39 is 0 Å². The van der Waals surface area contributed by atoms with Gasteiger partial charge in [0.05, 0.1) is 11.4 Å². The number of allylic oxidation sites excluding steroid dienone is 1. The Balaban J connectivity index is 2.38. The molecule has 0 spiro atoms. The van der Waals surface area contributed by atoms with Crippen LogP contribution in [-0.2, 0) is 0 Å². The first-order valence-corrected chi connectivity index (χ1v) is 7.11. The summed E-state index contributed by atoms with van der Waals surface area (Å²) in [5, 5.41) is 1.52. The number of halogens is 1. The van der Waals surface area contributed by atoms with Crippen molar-refractivity contribution in [1.82, 2.24) is 0 Å². The highest BCUT2D eigenvalue weighted by Gasteiger charge is 2.06. The van der Waals surface area contributed by atoms with Gasteiger partial charge in [-0.3, -0.25) is 4.99 Å². The number of rotatable bonds is 5. The van der Waals surface area contributed by atoms with Gasteiger partial charge < -0.3 is 5.01 Å². The Morgan fingerprint density at radius 3 is 2.55 bits per heavy atom. The number of hydrazine groups is 1. The van der Waals surface area contributed by atoms with Crippen LogP contribution in [0.25, 0.3) is 5.57 Å². The summed E-state index contributed by atoms with van der Waals surface area (Å²) in [6, 6.07) is 12.1. The third-order valence-corrected chi connectivity index (χ3v) is 3.41. The Kier molecular flexibility index (Phi) is 5.07. The van der Waals surface area contributed by atoms with Crippen LogP contribution in [0.4, 0.5) is 15.8 Å². The van der Waals surface area contributed by atoms with Crippen LogP contribution in [0.3, 0.4) is 0 Å². The lowest BCUT2D eigenvalue weighted by molar-refractivity contribution is 0.628. The maximum absolute atomic E-state index is 12.9. The molecule has 2 N–H and O–H groups in total. The highest BCUT2D eigenvalue weighted by molar-refractivity contribution is 5.85. The molecule has 22 heavy (non-hydrogen) atoms. The van der Waals surface area contributed by atoms with Gasteiger partial charge in [0.15, 0.2) is 0 Å². The predicted octanol–water partition coefficient (Wildman–Crippen LogP) is 4.31. The molecule has 2 aromatic rings. The summed E-state index contributed by atoms with van der Waals surface area (Å²) in [4.78, 5) is 4.49. The minimum atomic E-state index is -0.263. The van der Waals surface area contributed by atoms with Gasteiger partial charge in [-0.15, -0.1) is 0 Å². The van der Waals surface area contributed by atoms with Crippen molar-refractivity contribution in [2.24, 2.45) is 10.8 Å². The number of nitrogens with zero attached hydrogens (tertiary/aromatic N) is 2. The molecule has 0 aliphatic rings. The van der Waals surface area contributed by atoms with E-state index in [-0.39, 0.29) is 5.82 Å². The molecule has 0 aromatic heterocycles. The Morgan fingerprint density at radius 2 is 1.95 bits per heavy atom. The summed E-state index contributed by atoms with van der Waals surface area (Å²) in [6.45, 7) is 6.11. The van der Waals surface area contributed by atoms with Gasteiger partial charge in [0.2, 0.25) is 0 Å². The zero-order valence-corrected chi connectivity index (χ0v) is 12.9. The van der Waals surface area contributed by atoms with Crippen molar-refractivity contribution in [2.45, 2.75) is 13.3 Å². The molecule has 0 atom stereocenters. The van der Waals surface area contributed by atoms with Crippen molar-refractivity contribution in [3.8, 4) is 0 Å². The first kappa shape index (κ1) is 15.9. The molecule has 0 aliphatic heterocycles. The Morgan fingerprint density at radius 1 is 1.27 bits per heavy atom. The van der Waals surface area contributed by atoms with Crippen LogP contribution >= 0.6 is 0 Å². The van der Waals surface area contributed by atoms with E-state index in [0.717, 1.165) is 34.5 Å². The molecule has 0 amide bonds. The van der Waals surface area contributed by atoms with Crippen molar-refractivity contribution in [3.63, 3.8) is 0 Å². The SMILES string of the molecule is C=C(CC)c1ccc(N(C)N)c(/N=C\c2ccc(F)cc2)c1. The summed E-state index contributed by atoms with van der Waals surface area (Å²) in [6.07, 6.45) is 2.57. The lowest BCUT2D eigenvalue weighted by Gasteiger charge is -2.16. The van der Waals surface area contributed by atoms with Crippen LogP contribution < -0.4 is 10.9 Å². The van der Waals surface area contributed by atoms with Crippen LogP contribution in [0, 0.1) is 5.82 Å². The average molecular weight is 297 g/mol. The van der Waals surface area contributed by atoms with Crippen LogP contribution in [0.1, 0.15) is 24.5 Å². The third kappa shape index (κ3) is 3.80. The summed E-state index contributed by atoms with van der Waals surface area (Å²) >= 11 is 0. The molecule has 0 heterocycles. The molecule has 0 bridgehead atoms. The standard InChI is InChI=1S/C18H20FN3/c1-4-13(2)15-7-10-18(22(3)20)17(11-15)21-12-14-5-8-16(19)9-6-14/h5-12H,2,4,20H2,1,3H3/b21-12-. The van der Waals surface area contributed by atoms with Crippen molar-refractivity contribution >= 4 is 23.2 Å². The summed E-state index contributed by atoms with van der Waals surface area (Å²) in [5.41, 5.74) is 4.47. The van der Waals surface area contributed by atoms with Crippen LogP contribution in [0.2, 0.25) is 0 Å². The fourth-order valence-corrected chi connectivity index (χ4v) is 2.04. The molecule has 2 rings (SSSR count). The molecule has 0 fully saturated rings. The lowest BCUT2D eigenvalue weighted by atomic mass is 10.0. The van der Waals surface area contributed by atoms with E-state index in [4.69, 9.17) is 5.84 Å². The van der Waals surface area contributed by atoms with E-state index in [1.54, 1.807) is 25.4 Å². The molecule has 0 saturated heterocycles. The van der Waals surface area contributed by atoms with E-state index in [9.17, 15) is 4.39 Å². The number of hydrogen-bond donors (Lipinski definition) is 1. The van der Waals surface area contributed by atoms with Gasteiger partial charge in [-0.25, -0.2) is 10.2 Å². The first-order chi connectivity index (χ1) is 10.5. The molecule has 3 nitrogen and oxygen atoms in total. The molecule has 0 radical (unpaired) electrons. The van der Waals surface area contributed by atoms with Gasteiger partial charge >= 0.3 is 0 Å².